The molecular formula is C33H44N4O5. The third-order valence-corrected chi connectivity index (χ3v) is 9.30. The normalized spacial score (nSPS) is 21.6. The molecule has 1 unspecified atom stereocenters. The third-order valence-electron chi connectivity index (χ3n) is 9.30. The summed E-state index contributed by atoms with van der Waals surface area (Å²) in [7, 11) is 0. The molecule has 9 heteroatoms. The summed E-state index contributed by atoms with van der Waals surface area (Å²) < 4.78 is 6.09. The van der Waals surface area contributed by atoms with Crippen LogP contribution in [0.1, 0.15) is 76.2 Å². The molecular weight excluding hydrogens is 532 g/mol. The number of aliphatic imine (C=N–C) groups is 1. The van der Waals surface area contributed by atoms with Crippen molar-refractivity contribution in [3.05, 3.63) is 54.1 Å². The number of guanidine groups is 1. The average Bonchev–Trinajstić information content (AvgIpc) is 3.01. The van der Waals surface area contributed by atoms with Crippen molar-refractivity contribution in [3.63, 3.8) is 0 Å². The maximum Gasteiger partial charge on any atom is 0.306 e. The maximum atomic E-state index is 13.6. The van der Waals surface area contributed by atoms with Crippen LogP contribution in [0.15, 0.2) is 53.5 Å². The molecule has 1 heterocycles. The highest BCUT2D eigenvalue weighted by Gasteiger charge is 2.35. The Morgan fingerprint density at radius 3 is 2.43 bits per heavy atom. The van der Waals surface area contributed by atoms with E-state index in [2.05, 4.69) is 4.90 Å². The van der Waals surface area contributed by atoms with Crippen molar-refractivity contribution in [1.82, 2.24) is 9.80 Å². The van der Waals surface area contributed by atoms with E-state index in [0.717, 1.165) is 35.6 Å². The SMILES string of the molecule is NC1=Nc2ccc(Oc3ccccc3)cc2CN1C(CCC(=O)N(CCO)C1CCC(C(=O)O)CC1)C1CCCCC1. The van der Waals surface area contributed by atoms with Crippen LogP contribution in [-0.4, -0.2) is 63.1 Å². The summed E-state index contributed by atoms with van der Waals surface area (Å²) in [6, 6.07) is 15.6. The number of nitrogens with two attached hydrogens (primary N) is 1. The molecule has 0 aromatic heterocycles. The lowest BCUT2D eigenvalue weighted by Crippen LogP contribution is -2.50. The Kier molecular flexibility index (Phi) is 10.00. The minimum Gasteiger partial charge on any atom is -0.481 e. The Morgan fingerprint density at radius 2 is 1.74 bits per heavy atom. The highest BCUT2D eigenvalue weighted by Crippen LogP contribution is 2.37. The van der Waals surface area contributed by atoms with Crippen molar-refractivity contribution >= 4 is 23.5 Å². The van der Waals surface area contributed by atoms with Gasteiger partial charge in [0.05, 0.1) is 18.2 Å². The monoisotopic (exact) mass is 576 g/mol. The molecule has 2 fully saturated rings. The fourth-order valence-corrected chi connectivity index (χ4v) is 7.06. The van der Waals surface area contributed by atoms with E-state index in [9.17, 15) is 19.8 Å². The zero-order valence-electron chi connectivity index (χ0n) is 24.4. The van der Waals surface area contributed by atoms with Crippen LogP contribution in [0.3, 0.4) is 0 Å². The summed E-state index contributed by atoms with van der Waals surface area (Å²) in [4.78, 5) is 33.8. The van der Waals surface area contributed by atoms with E-state index >= 15 is 0 Å². The molecule has 9 nitrogen and oxygen atoms in total. The van der Waals surface area contributed by atoms with Gasteiger partial charge in [-0.3, -0.25) is 9.59 Å². The number of fused-ring (bicyclic) bond motifs is 1. The average molecular weight is 577 g/mol. The van der Waals surface area contributed by atoms with E-state index in [-0.39, 0.29) is 37.1 Å². The molecule has 5 rings (SSSR count). The van der Waals surface area contributed by atoms with Gasteiger partial charge in [-0.1, -0.05) is 37.5 Å². The molecule has 1 amide bonds. The highest BCUT2D eigenvalue weighted by molar-refractivity contribution is 5.84. The largest absolute Gasteiger partial charge is 0.481 e. The number of ether oxygens (including phenoxy) is 1. The topological polar surface area (TPSA) is 129 Å². The number of para-hydroxylation sites is 1. The summed E-state index contributed by atoms with van der Waals surface area (Å²) in [5.74, 6) is 1.35. The molecule has 0 spiro atoms. The van der Waals surface area contributed by atoms with Gasteiger partial charge in [-0.15, -0.1) is 0 Å². The quantitative estimate of drug-likeness (QED) is 0.325. The number of hydrogen-bond donors (Lipinski definition) is 3. The van der Waals surface area contributed by atoms with Crippen molar-refractivity contribution in [2.75, 3.05) is 13.2 Å². The number of aliphatic hydroxyl groups excluding tert-OH is 1. The van der Waals surface area contributed by atoms with Gasteiger partial charge in [-0.2, -0.15) is 0 Å². The predicted molar refractivity (Wildman–Crippen MR) is 162 cm³/mol. The molecule has 2 aromatic carbocycles. The van der Waals surface area contributed by atoms with Gasteiger partial charge in [-0.25, -0.2) is 4.99 Å². The standard InChI is InChI=1S/C33H44N4O5/c34-33-35-29-16-15-28(42-27-9-5-2-6-10-27)21-25(29)22-37(33)30(23-7-3-1-4-8-23)17-18-31(39)36(19-20-38)26-13-11-24(12-14-26)32(40)41/h2,5-6,9-10,15-16,21,23-24,26,30,38H,1,3-4,7-8,11-14,17-20,22H2,(H2,34,35)(H,40,41). The van der Waals surface area contributed by atoms with Crippen LogP contribution in [0.5, 0.6) is 11.5 Å². The number of aliphatic carboxylic acids is 1. The summed E-state index contributed by atoms with van der Waals surface area (Å²) in [5, 5.41) is 19.1. The number of carboxylic acids is 1. The van der Waals surface area contributed by atoms with Crippen molar-refractivity contribution in [3.8, 4) is 11.5 Å². The minimum atomic E-state index is -0.759. The number of hydrogen-bond acceptors (Lipinski definition) is 7. The molecule has 4 N–H and O–H groups in total. The van der Waals surface area contributed by atoms with E-state index in [4.69, 9.17) is 15.5 Å². The molecule has 42 heavy (non-hydrogen) atoms. The van der Waals surface area contributed by atoms with Crippen molar-refractivity contribution in [2.45, 2.75) is 89.3 Å². The van der Waals surface area contributed by atoms with Gasteiger partial charge >= 0.3 is 5.97 Å². The highest BCUT2D eigenvalue weighted by atomic mass is 16.5. The summed E-state index contributed by atoms with van der Waals surface area (Å²) >= 11 is 0. The lowest BCUT2D eigenvalue weighted by Gasteiger charge is -2.42. The van der Waals surface area contributed by atoms with Gasteiger partial charge in [0.1, 0.15) is 11.5 Å². The van der Waals surface area contributed by atoms with E-state index in [1.165, 1.54) is 19.3 Å². The molecule has 2 aliphatic carbocycles. The Labute approximate surface area is 248 Å². The van der Waals surface area contributed by atoms with E-state index in [1.807, 2.05) is 48.5 Å². The van der Waals surface area contributed by atoms with E-state index < -0.39 is 5.97 Å². The van der Waals surface area contributed by atoms with Gasteiger partial charge in [0.25, 0.3) is 0 Å². The molecule has 0 radical (unpaired) electrons. The van der Waals surface area contributed by atoms with Crippen LogP contribution in [-0.2, 0) is 16.1 Å². The fourth-order valence-electron chi connectivity index (χ4n) is 7.06. The van der Waals surface area contributed by atoms with Crippen molar-refractivity contribution in [2.24, 2.45) is 22.6 Å². The number of amides is 1. The van der Waals surface area contributed by atoms with Crippen LogP contribution in [0, 0.1) is 11.8 Å². The second kappa shape index (κ2) is 14.1. The van der Waals surface area contributed by atoms with Gasteiger partial charge < -0.3 is 30.5 Å². The number of carbonyl (C=O) groups excluding carboxylic acids is 1. The van der Waals surface area contributed by atoms with Gasteiger partial charge in [0.2, 0.25) is 5.91 Å². The van der Waals surface area contributed by atoms with E-state index in [1.54, 1.807) is 4.90 Å². The maximum absolute atomic E-state index is 13.6. The number of carboxylic acid groups (broad SMARTS) is 1. The van der Waals surface area contributed by atoms with Crippen molar-refractivity contribution in [1.29, 1.82) is 0 Å². The molecule has 3 aliphatic rings. The van der Waals surface area contributed by atoms with Crippen molar-refractivity contribution < 1.29 is 24.5 Å². The Balaban J connectivity index is 1.30. The van der Waals surface area contributed by atoms with E-state index in [0.29, 0.717) is 56.9 Å². The summed E-state index contributed by atoms with van der Waals surface area (Å²) in [6.45, 7) is 0.776. The Morgan fingerprint density at radius 1 is 1.00 bits per heavy atom. The minimum absolute atomic E-state index is 0.0232. The number of carbonyl (C=O) groups is 2. The Hall–Kier alpha value is -3.59. The van der Waals surface area contributed by atoms with Gasteiger partial charge in [0, 0.05) is 37.2 Å². The first-order valence-corrected chi connectivity index (χ1v) is 15.5. The summed E-state index contributed by atoms with van der Waals surface area (Å²) in [5.41, 5.74) is 8.48. The number of aliphatic hydroxyl groups is 1. The van der Waals surface area contributed by atoms with Crippen LogP contribution in [0.2, 0.25) is 0 Å². The number of rotatable bonds is 11. The first kappa shape index (κ1) is 29.9. The molecule has 1 atom stereocenters. The molecule has 2 saturated carbocycles. The lowest BCUT2D eigenvalue weighted by molar-refractivity contribution is -0.143. The van der Waals surface area contributed by atoms with Gasteiger partial charge in [0.15, 0.2) is 5.96 Å². The fraction of sp³-hybridized carbons (Fsp3) is 0.545. The smallest absolute Gasteiger partial charge is 0.306 e. The lowest BCUT2D eigenvalue weighted by atomic mass is 9.81. The van der Waals surface area contributed by atoms with Crippen LogP contribution in [0.4, 0.5) is 5.69 Å². The number of benzene rings is 2. The first-order valence-electron chi connectivity index (χ1n) is 15.5. The van der Waals surface area contributed by atoms with Gasteiger partial charge in [-0.05, 0) is 81.2 Å². The van der Waals surface area contributed by atoms with Crippen LogP contribution < -0.4 is 10.5 Å². The second-order valence-corrected chi connectivity index (χ2v) is 12.0. The number of nitrogens with zero attached hydrogens (tertiary/aromatic N) is 3. The zero-order chi connectivity index (χ0) is 29.5. The molecule has 226 valence electrons. The molecule has 0 saturated heterocycles. The predicted octanol–water partition coefficient (Wildman–Crippen LogP) is 5.43. The van der Waals surface area contributed by atoms with Crippen LogP contribution in [0.25, 0.3) is 0 Å². The summed E-state index contributed by atoms with van der Waals surface area (Å²) in [6.07, 6.45) is 9.25. The zero-order valence-corrected chi connectivity index (χ0v) is 24.4. The molecule has 2 aromatic rings. The first-order chi connectivity index (χ1) is 20.4. The third kappa shape index (κ3) is 7.24. The molecule has 0 bridgehead atoms. The molecule has 1 aliphatic heterocycles. The Bertz CT molecular complexity index is 1240. The second-order valence-electron chi connectivity index (χ2n) is 12.0. The van der Waals surface area contributed by atoms with Crippen LogP contribution >= 0.6 is 0 Å².